The second-order valence-corrected chi connectivity index (χ2v) is 2.54. The van der Waals surface area contributed by atoms with Gasteiger partial charge in [-0.1, -0.05) is 0 Å². The molecule has 0 spiro atoms. The molecule has 0 saturated heterocycles. The molecule has 0 amide bonds. The first-order valence-corrected chi connectivity index (χ1v) is 3.43. The summed E-state index contributed by atoms with van der Waals surface area (Å²) in [6.07, 6.45) is 1.10. The van der Waals surface area contributed by atoms with Crippen LogP contribution in [0.3, 0.4) is 0 Å². The SMILES string of the molecule is CC(c1ccnnn1)([N+](=O)[O-])[N+](=O)[O-]. The molecule has 9 nitrogen and oxygen atoms in total. The number of aromatic nitrogens is 3. The first kappa shape index (κ1) is 9.89. The molecule has 0 fully saturated rings. The minimum Gasteiger partial charge on any atom is -0.258 e. The van der Waals surface area contributed by atoms with Gasteiger partial charge in [-0.25, -0.2) is 0 Å². The number of hydrogen-bond donors (Lipinski definition) is 0. The molecule has 74 valence electrons. The lowest BCUT2D eigenvalue weighted by Crippen LogP contribution is -2.41. The maximum atomic E-state index is 10.5. The highest BCUT2D eigenvalue weighted by Gasteiger charge is 2.54. The Morgan fingerprint density at radius 2 is 1.93 bits per heavy atom. The second kappa shape index (κ2) is 3.28. The van der Waals surface area contributed by atoms with E-state index < -0.39 is 15.5 Å². The molecule has 0 bridgehead atoms. The summed E-state index contributed by atoms with van der Waals surface area (Å²) in [5, 5.41) is 30.7. The topological polar surface area (TPSA) is 125 Å². The molecule has 14 heavy (non-hydrogen) atoms. The second-order valence-electron chi connectivity index (χ2n) is 2.54. The molecule has 1 aromatic heterocycles. The van der Waals surface area contributed by atoms with Gasteiger partial charge >= 0.3 is 5.66 Å². The van der Waals surface area contributed by atoms with Crippen LogP contribution in [-0.4, -0.2) is 25.3 Å². The highest BCUT2D eigenvalue weighted by Crippen LogP contribution is 2.21. The van der Waals surface area contributed by atoms with Crippen molar-refractivity contribution in [1.29, 1.82) is 0 Å². The van der Waals surface area contributed by atoms with Gasteiger partial charge in [0.15, 0.2) is 0 Å². The molecule has 0 N–H and O–H groups in total. The van der Waals surface area contributed by atoms with Gasteiger partial charge in [0.2, 0.25) is 5.69 Å². The Hall–Kier alpha value is -2.19. The van der Waals surface area contributed by atoms with Crippen LogP contribution in [0.2, 0.25) is 0 Å². The van der Waals surface area contributed by atoms with Crippen LogP contribution in [0.15, 0.2) is 12.3 Å². The molecular formula is C5H5N5O4. The van der Waals surface area contributed by atoms with Crippen LogP contribution in [0, 0.1) is 20.2 Å². The first-order chi connectivity index (χ1) is 6.49. The van der Waals surface area contributed by atoms with E-state index in [0.29, 0.717) is 0 Å². The Kier molecular flexibility index (Phi) is 2.32. The zero-order chi connectivity index (χ0) is 10.8. The van der Waals surface area contributed by atoms with E-state index in [0.717, 1.165) is 19.2 Å². The van der Waals surface area contributed by atoms with Crippen molar-refractivity contribution in [2.75, 3.05) is 0 Å². The Morgan fingerprint density at radius 1 is 1.36 bits per heavy atom. The summed E-state index contributed by atoms with van der Waals surface area (Å²) in [5.41, 5.74) is -2.84. The van der Waals surface area contributed by atoms with E-state index in [2.05, 4.69) is 15.4 Å². The predicted octanol–water partition coefficient (Wildman–Crippen LogP) is -0.402. The van der Waals surface area contributed by atoms with Gasteiger partial charge in [0, 0.05) is 0 Å². The number of rotatable bonds is 3. The zero-order valence-electron chi connectivity index (χ0n) is 7.02. The summed E-state index contributed by atoms with van der Waals surface area (Å²) in [6, 6.07) is 1.08. The lowest BCUT2D eigenvalue weighted by atomic mass is 10.1. The van der Waals surface area contributed by atoms with Gasteiger partial charge in [-0.3, -0.25) is 20.2 Å². The molecule has 1 heterocycles. The van der Waals surface area contributed by atoms with E-state index >= 15 is 0 Å². The van der Waals surface area contributed by atoms with Crippen molar-refractivity contribution in [2.45, 2.75) is 12.6 Å². The molecular weight excluding hydrogens is 194 g/mol. The van der Waals surface area contributed by atoms with Crippen LogP contribution in [0.5, 0.6) is 0 Å². The summed E-state index contributed by atoms with van der Waals surface area (Å²) < 4.78 is 0. The van der Waals surface area contributed by atoms with Crippen LogP contribution in [0.1, 0.15) is 12.6 Å². The van der Waals surface area contributed by atoms with Gasteiger partial charge in [0.05, 0.1) is 13.1 Å². The van der Waals surface area contributed by atoms with E-state index in [1.165, 1.54) is 0 Å². The quantitative estimate of drug-likeness (QED) is 0.368. The monoisotopic (exact) mass is 199 g/mol. The van der Waals surface area contributed by atoms with Crippen molar-refractivity contribution in [2.24, 2.45) is 0 Å². The van der Waals surface area contributed by atoms with Crippen molar-refractivity contribution in [1.82, 2.24) is 15.4 Å². The normalized spacial score (nSPS) is 10.9. The molecule has 9 heteroatoms. The lowest BCUT2D eigenvalue weighted by molar-refractivity contribution is -0.806. The Morgan fingerprint density at radius 3 is 2.29 bits per heavy atom. The molecule has 0 saturated carbocycles. The van der Waals surface area contributed by atoms with Crippen molar-refractivity contribution >= 4 is 0 Å². The van der Waals surface area contributed by atoms with Crippen LogP contribution >= 0.6 is 0 Å². The molecule has 1 aromatic rings. The zero-order valence-corrected chi connectivity index (χ0v) is 7.02. The molecule has 0 aliphatic heterocycles. The largest absolute Gasteiger partial charge is 0.499 e. The van der Waals surface area contributed by atoms with Crippen LogP contribution in [-0.2, 0) is 5.66 Å². The van der Waals surface area contributed by atoms with Gasteiger partial charge < -0.3 is 0 Å². The predicted molar refractivity (Wildman–Crippen MR) is 41.2 cm³/mol. The van der Waals surface area contributed by atoms with Gasteiger partial charge in [0.1, 0.15) is 9.85 Å². The molecule has 0 radical (unpaired) electrons. The third-order valence-electron chi connectivity index (χ3n) is 1.70. The fourth-order valence-corrected chi connectivity index (χ4v) is 0.747. The van der Waals surface area contributed by atoms with Crippen molar-refractivity contribution in [3.8, 4) is 0 Å². The van der Waals surface area contributed by atoms with Gasteiger partial charge in [-0.15, -0.1) is 10.2 Å². The van der Waals surface area contributed by atoms with Gasteiger partial charge in [0.25, 0.3) is 0 Å². The van der Waals surface area contributed by atoms with Crippen LogP contribution < -0.4 is 0 Å². The van der Waals surface area contributed by atoms with Crippen molar-refractivity contribution in [3.63, 3.8) is 0 Å². The van der Waals surface area contributed by atoms with Gasteiger partial charge in [-0.05, 0) is 11.3 Å². The van der Waals surface area contributed by atoms with Gasteiger partial charge in [-0.2, -0.15) is 0 Å². The Labute approximate surface area is 77.1 Å². The average Bonchev–Trinajstić information content (AvgIpc) is 2.17. The highest BCUT2D eigenvalue weighted by atomic mass is 16.7. The third kappa shape index (κ3) is 1.34. The summed E-state index contributed by atoms with van der Waals surface area (Å²) in [7, 11) is 0. The van der Waals surface area contributed by atoms with E-state index in [-0.39, 0.29) is 5.69 Å². The summed E-state index contributed by atoms with van der Waals surface area (Å²) in [6.45, 7) is 0.844. The maximum Gasteiger partial charge on any atom is 0.499 e. The summed E-state index contributed by atoms with van der Waals surface area (Å²) in [4.78, 5) is 19.0. The summed E-state index contributed by atoms with van der Waals surface area (Å²) in [5.74, 6) is 0. The van der Waals surface area contributed by atoms with Crippen LogP contribution in [0.4, 0.5) is 0 Å². The fourth-order valence-electron chi connectivity index (χ4n) is 0.747. The molecule has 0 aliphatic rings. The molecule has 0 aliphatic carbocycles. The maximum absolute atomic E-state index is 10.5. The standard InChI is InChI=1S/C5H5N5O4/c1-5(9(11)12,10(13)14)4-2-3-6-8-7-4/h2-3H,1H3. The average molecular weight is 199 g/mol. The number of hydrogen-bond acceptors (Lipinski definition) is 7. The number of nitro groups is 2. The first-order valence-electron chi connectivity index (χ1n) is 3.43. The van der Waals surface area contributed by atoms with Crippen LogP contribution in [0.25, 0.3) is 0 Å². The van der Waals surface area contributed by atoms with E-state index in [1.54, 1.807) is 0 Å². The van der Waals surface area contributed by atoms with Crippen molar-refractivity contribution < 1.29 is 9.85 Å². The summed E-state index contributed by atoms with van der Waals surface area (Å²) >= 11 is 0. The highest BCUT2D eigenvalue weighted by molar-refractivity contribution is 5.02. The fraction of sp³-hybridized carbons (Fsp3) is 0.400. The van der Waals surface area contributed by atoms with E-state index in [9.17, 15) is 20.2 Å². The molecule has 0 atom stereocenters. The minimum atomic E-state index is -2.48. The molecule has 0 aromatic carbocycles. The Bertz CT molecular complexity index is 352. The van der Waals surface area contributed by atoms with Crippen molar-refractivity contribution in [3.05, 3.63) is 38.2 Å². The van der Waals surface area contributed by atoms with E-state index in [4.69, 9.17) is 0 Å². The number of nitrogens with zero attached hydrogens (tertiary/aromatic N) is 5. The third-order valence-corrected chi connectivity index (χ3v) is 1.70. The molecule has 1 rings (SSSR count). The minimum absolute atomic E-state index is 0.359. The molecule has 0 unspecified atom stereocenters. The smallest absolute Gasteiger partial charge is 0.258 e. The lowest BCUT2D eigenvalue weighted by Gasteiger charge is -2.09. The Balaban J connectivity index is 3.27. The van der Waals surface area contributed by atoms with E-state index in [1.807, 2.05) is 0 Å².